The molecule has 0 bridgehead atoms. The monoisotopic (exact) mass is 396 g/mol. The van der Waals surface area contributed by atoms with E-state index in [-0.39, 0.29) is 0 Å². The van der Waals surface area contributed by atoms with E-state index in [4.69, 9.17) is 9.47 Å². The van der Waals surface area contributed by atoms with Crippen LogP contribution in [-0.4, -0.2) is 37.3 Å². The second kappa shape index (κ2) is 11.9. The molecule has 0 spiro atoms. The number of hydrogen-bond acceptors (Lipinski definition) is 2. The lowest BCUT2D eigenvalue weighted by molar-refractivity contribution is -0.941. The summed E-state index contributed by atoms with van der Waals surface area (Å²) in [7, 11) is 0. The molecule has 1 saturated heterocycles. The van der Waals surface area contributed by atoms with Gasteiger partial charge in [-0.2, -0.15) is 0 Å². The van der Waals surface area contributed by atoms with Gasteiger partial charge in [0.2, 0.25) is 0 Å². The van der Waals surface area contributed by atoms with Gasteiger partial charge in [0.05, 0.1) is 19.7 Å². The fourth-order valence-corrected chi connectivity index (χ4v) is 4.31. The van der Waals surface area contributed by atoms with Gasteiger partial charge < -0.3 is 14.0 Å². The van der Waals surface area contributed by atoms with Gasteiger partial charge in [-0.3, -0.25) is 0 Å². The lowest BCUT2D eigenvalue weighted by Gasteiger charge is -2.40. The van der Waals surface area contributed by atoms with Gasteiger partial charge in [-0.25, -0.2) is 0 Å². The number of hydrogen-bond donors (Lipinski definition) is 0. The zero-order chi connectivity index (χ0) is 20.2. The first-order valence-corrected chi connectivity index (χ1v) is 11.5. The van der Waals surface area contributed by atoms with Crippen molar-refractivity contribution < 1.29 is 14.0 Å². The summed E-state index contributed by atoms with van der Waals surface area (Å²) in [6.07, 6.45) is 9.02. The standard InChI is InChI=1S/C26H38NO2/c1-2-3-20-28-25-15-12-16-26(22-25)29-21-19-27(17-10-5-4-6-11-18-27)23-24-13-8-7-9-14-24/h7-9,12-16,22H,2-6,10-11,17-21,23H2,1H3/q+1. The molecule has 29 heavy (non-hydrogen) atoms. The predicted molar refractivity (Wildman–Crippen MR) is 120 cm³/mol. The van der Waals surface area contributed by atoms with E-state index in [9.17, 15) is 0 Å². The van der Waals surface area contributed by atoms with Crippen LogP contribution in [-0.2, 0) is 6.54 Å². The average Bonchev–Trinajstić information content (AvgIpc) is 2.72. The highest BCUT2D eigenvalue weighted by atomic mass is 16.5. The molecule has 0 unspecified atom stereocenters. The fourth-order valence-electron chi connectivity index (χ4n) is 4.31. The molecule has 3 nitrogen and oxygen atoms in total. The summed E-state index contributed by atoms with van der Waals surface area (Å²) in [5.74, 6) is 1.83. The minimum Gasteiger partial charge on any atom is -0.493 e. The van der Waals surface area contributed by atoms with E-state index in [0.717, 1.165) is 55.1 Å². The van der Waals surface area contributed by atoms with Crippen LogP contribution >= 0.6 is 0 Å². The quantitative estimate of drug-likeness (QED) is 0.350. The number of quaternary nitrogens is 1. The van der Waals surface area contributed by atoms with Gasteiger partial charge in [0.25, 0.3) is 0 Å². The molecule has 0 atom stereocenters. The minimum absolute atomic E-state index is 0.755. The third kappa shape index (κ3) is 7.40. The molecule has 2 aromatic carbocycles. The Balaban J connectivity index is 1.60. The summed E-state index contributed by atoms with van der Waals surface area (Å²) in [4.78, 5) is 0. The van der Waals surface area contributed by atoms with Gasteiger partial charge in [-0.05, 0) is 44.2 Å². The molecule has 0 aromatic heterocycles. The minimum atomic E-state index is 0.755. The van der Waals surface area contributed by atoms with Crippen molar-refractivity contribution in [1.82, 2.24) is 0 Å². The summed E-state index contributed by atoms with van der Waals surface area (Å²) in [5, 5.41) is 0. The van der Waals surface area contributed by atoms with Crippen LogP contribution in [0.1, 0.15) is 57.4 Å². The van der Waals surface area contributed by atoms with Gasteiger partial charge in [0.1, 0.15) is 31.2 Å². The van der Waals surface area contributed by atoms with E-state index in [1.54, 1.807) is 0 Å². The van der Waals surface area contributed by atoms with Crippen molar-refractivity contribution in [3.8, 4) is 11.5 Å². The maximum absolute atomic E-state index is 6.19. The summed E-state index contributed by atoms with van der Waals surface area (Å²) < 4.78 is 13.2. The van der Waals surface area contributed by atoms with Crippen molar-refractivity contribution in [3.05, 3.63) is 60.2 Å². The van der Waals surface area contributed by atoms with Gasteiger partial charge >= 0.3 is 0 Å². The lowest BCUT2D eigenvalue weighted by atomic mass is 10.0. The molecule has 0 amide bonds. The molecule has 2 aromatic rings. The van der Waals surface area contributed by atoms with Crippen LogP contribution in [0.15, 0.2) is 54.6 Å². The summed E-state index contributed by atoms with van der Waals surface area (Å²) in [5.41, 5.74) is 1.44. The molecule has 1 heterocycles. The van der Waals surface area contributed by atoms with Crippen molar-refractivity contribution in [2.45, 2.75) is 58.4 Å². The van der Waals surface area contributed by atoms with E-state index in [2.05, 4.69) is 37.3 Å². The highest BCUT2D eigenvalue weighted by Gasteiger charge is 2.28. The summed E-state index contributed by atoms with van der Waals surface area (Å²) in [6.45, 7) is 8.42. The van der Waals surface area contributed by atoms with Crippen molar-refractivity contribution >= 4 is 0 Å². The Hall–Kier alpha value is -2.00. The van der Waals surface area contributed by atoms with E-state index in [1.165, 1.54) is 50.8 Å². The Morgan fingerprint density at radius 2 is 1.41 bits per heavy atom. The smallest absolute Gasteiger partial charge is 0.137 e. The third-order valence-corrected chi connectivity index (χ3v) is 6.03. The Morgan fingerprint density at radius 3 is 2.10 bits per heavy atom. The van der Waals surface area contributed by atoms with Gasteiger partial charge in [-0.15, -0.1) is 0 Å². The second-order valence-corrected chi connectivity index (χ2v) is 8.45. The molecule has 0 aliphatic carbocycles. The Morgan fingerprint density at radius 1 is 0.759 bits per heavy atom. The molecule has 1 aliphatic rings. The summed E-state index contributed by atoms with van der Waals surface area (Å²) in [6, 6.07) is 19.1. The van der Waals surface area contributed by atoms with Gasteiger partial charge in [0.15, 0.2) is 0 Å². The largest absolute Gasteiger partial charge is 0.493 e. The number of ether oxygens (including phenoxy) is 2. The van der Waals surface area contributed by atoms with Crippen LogP contribution < -0.4 is 9.47 Å². The van der Waals surface area contributed by atoms with E-state index in [0.29, 0.717) is 0 Å². The van der Waals surface area contributed by atoms with Crippen LogP contribution in [0.25, 0.3) is 0 Å². The number of unbranched alkanes of at least 4 members (excludes halogenated alkanes) is 1. The Bertz CT molecular complexity index is 693. The van der Waals surface area contributed by atoms with Crippen LogP contribution in [0.5, 0.6) is 11.5 Å². The molecule has 3 rings (SSSR count). The zero-order valence-corrected chi connectivity index (χ0v) is 18.2. The van der Waals surface area contributed by atoms with E-state index < -0.39 is 0 Å². The molecule has 1 fully saturated rings. The molecule has 158 valence electrons. The highest BCUT2D eigenvalue weighted by molar-refractivity contribution is 5.32. The van der Waals surface area contributed by atoms with Gasteiger partial charge in [-0.1, -0.05) is 56.2 Å². The lowest BCUT2D eigenvalue weighted by Crippen LogP contribution is -2.51. The fraction of sp³-hybridized carbons (Fsp3) is 0.538. The first kappa shape index (κ1) is 21.7. The molecular formula is C26H38NO2+. The topological polar surface area (TPSA) is 18.5 Å². The maximum atomic E-state index is 6.19. The van der Waals surface area contributed by atoms with E-state index in [1.807, 2.05) is 24.3 Å². The van der Waals surface area contributed by atoms with Crippen molar-refractivity contribution in [2.24, 2.45) is 0 Å². The van der Waals surface area contributed by atoms with Crippen LogP contribution in [0, 0.1) is 0 Å². The van der Waals surface area contributed by atoms with E-state index >= 15 is 0 Å². The first-order chi connectivity index (χ1) is 14.3. The third-order valence-electron chi connectivity index (χ3n) is 6.03. The van der Waals surface area contributed by atoms with Crippen molar-refractivity contribution in [2.75, 3.05) is 32.8 Å². The van der Waals surface area contributed by atoms with Crippen LogP contribution in [0.4, 0.5) is 0 Å². The van der Waals surface area contributed by atoms with Crippen molar-refractivity contribution in [1.29, 1.82) is 0 Å². The number of nitrogens with zero attached hydrogens (tertiary/aromatic N) is 1. The molecule has 3 heteroatoms. The zero-order valence-electron chi connectivity index (χ0n) is 18.2. The maximum Gasteiger partial charge on any atom is 0.137 e. The number of likely N-dealkylation sites (tertiary alicyclic amines) is 1. The van der Waals surface area contributed by atoms with Crippen LogP contribution in [0.3, 0.4) is 0 Å². The molecular weight excluding hydrogens is 358 g/mol. The van der Waals surface area contributed by atoms with Crippen molar-refractivity contribution in [3.63, 3.8) is 0 Å². The second-order valence-electron chi connectivity index (χ2n) is 8.45. The number of rotatable bonds is 10. The van der Waals surface area contributed by atoms with Gasteiger partial charge in [0, 0.05) is 11.6 Å². The Labute approximate surface area is 177 Å². The molecule has 0 radical (unpaired) electrons. The average molecular weight is 397 g/mol. The molecule has 0 saturated carbocycles. The van der Waals surface area contributed by atoms with Crippen LogP contribution in [0.2, 0.25) is 0 Å². The SMILES string of the molecule is CCCCOc1cccc(OCC[N+]2(Cc3ccccc3)CCCCCCC2)c1. The number of benzene rings is 2. The Kier molecular flexibility index (Phi) is 8.88. The normalized spacial score (nSPS) is 16.6. The summed E-state index contributed by atoms with van der Waals surface area (Å²) >= 11 is 0. The molecule has 1 aliphatic heterocycles. The predicted octanol–water partition coefficient (Wildman–Crippen LogP) is 6.23. The molecule has 0 N–H and O–H groups in total. The highest BCUT2D eigenvalue weighted by Crippen LogP contribution is 2.23. The first-order valence-electron chi connectivity index (χ1n) is 11.5.